The summed E-state index contributed by atoms with van der Waals surface area (Å²) in [6.45, 7) is 8.11. The molecule has 1 N–H and O–H groups in total. The van der Waals surface area contributed by atoms with Gasteiger partial charge in [-0.15, -0.1) is 11.6 Å². The van der Waals surface area contributed by atoms with Crippen LogP contribution < -0.4 is 5.32 Å². The molecule has 1 unspecified atom stereocenters. The first kappa shape index (κ1) is 14.8. The second-order valence-electron chi connectivity index (χ2n) is 4.75. The molecule has 0 radical (unpaired) electrons. The van der Waals surface area contributed by atoms with Crippen molar-refractivity contribution in [3.8, 4) is 0 Å². The molecule has 0 saturated carbocycles. The summed E-state index contributed by atoms with van der Waals surface area (Å²) < 4.78 is 0. The van der Waals surface area contributed by atoms with E-state index in [1.54, 1.807) is 0 Å². The molecule has 0 aromatic carbocycles. The first-order valence-corrected chi connectivity index (χ1v) is 6.38. The number of nitrogens with one attached hydrogen (secondary N) is 1. The topological polar surface area (TPSA) is 29.1 Å². The second kappa shape index (κ2) is 7.10. The molecule has 0 aliphatic carbocycles. The largest absolute Gasteiger partial charge is 0.350 e. The van der Waals surface area contributed by atoms with Crippen LogP contribution in [0.5, 0.6) is 0 Å². The van der Waals surface area contributed by atoms with Gasteiger partial charge in [-0.3, -0.25) is 4.79 Å². The lowest BCUT2D eigenvalue weighted by Crippen LogP contribution is -2.47. The molecule has 15 heavy (non-hydrogen) atoms. The van der Waals surface area contributed by atoms with Crippen molar-refractivity contribution in [2.45, 2.75) is 58.9 Å². The van der Waals surface area contributed by atoms with Crippen molar-refractivity contribution in [2.75, 3.05) is 5.88 Å². The van der Waals surface area contributed by atoms with Gasteiger partial charge in [0.15, 0.2) is 0 Å². The van der Waals surface area contributed by atoms with Crippen LogP contribution in [0.15, 0.2) is 0 Å². The van der Waals surface area contributed by atoms with Crippen molar-refractivity contribution in [3.05, 3.63) is 0 Å². The minimum absolute atomic E-state index is 0.146. The second-order valence-corrected chi connectivity index (χ2v) is 5.02. The fraction of sp³-hybridized carbons (Fsp3) is 0.917. The van der Waals surface area contributed by atoms with Gasteiger partial charge in [-0.25, -0.2) is 0 Å². The molecule has 1 amide bonds. The first-order valence-electron chi connectivity index (χ1n) is 5.84. The molecule has 0 heterocycles. The van der Waals surface area contributed by atoms with Crippen LogP contribution in [-0.2, 0) is 4.79 Å². The van der Waals surface area contributed by atoms with E-state index in [9.17, 15) is 4.79 Å². The number of rotatable bonds is 7. The Morgan fingerprint density at radius 3 is 2.40 bits per heavy atom. The zero-order chi connectivity index (χ0) is 11.9. The van der Waals surface area contributed by atoms with Crippen molar-refractivity contribution in [3.63, 3.8) is 0 Å². The fourth-order valence-electron chi connectivity index (χ4n) is 1.44. The minimum Gasteiger partial charge on any atom is -0.350 e. The number of halogens is 1. The van der Waals surface area contributed by atoms with Gasteiger partial charge < -0.3 is 5.32 Å². The average Bonchev–Trinajstić information content (AvgIpc) is 2.18. The molecule has 0 aliphatic rings. The monoisotopic (exact) mass is 233 g/mol. The molecule has 0 aliphatic heterocycles. The molecular formula is C12H24ClNO. The summed E-state index contributed by atoms with van der Waals surface area (Å²) in [5.74, 6) is 0.743. The van der Waals surface area contributed by atoms with Crippen LogP contribution >= 0.6 is 11.6 Å². The highest BCUT2D eigenvalue weighted by atomic mass is 35.5. The standard InChI is InChI=1S/C12H24ClNO/c1-5-7-8-10(6-2)11(15)14-12(3,4)9-13/h10H,5-9H2,1-4H3,(H,14,15). The van der Waals surface area contributed by atoms with E-state index in [4.69, 9.17) is 11.6 Å². The van der Waals surface area contributed by atoms with Crippen molar-refractivity contribution < 1.29 is 4.79 Å². The normalized spacial score (nSPS) is 13.7. The maximum absolute atomic E-state index is 11.9. The lowest BCUT2D eigenvalue weighted by Gasteiger charge is -2.26. The summed E-state index contributed by atoms with van der Waals surface area (Å²) in [5, 5.41) is 2.99. The van der Waals surface area contributed by atoms with Gasteiger partial charge in [0, 0.05) is 17.3 Å². The van der Waals surface area contributed by atoms with Crippen LogP contribution in [0, 0.1) is 5.92 Å². The number of hydrogen-bond donors (Lipinski definition) is 1. The summed E-state index contributed by atoms with van der Waals surface area (Å²) in [6, 6.07) is 0. The van der Waals surface area contributed by atoms with Gasteiger partial charge in [-0.2, -0.15) is 0 Å². The Morgan fingerprint density at radius 2 is 2.00 bits per heavy atom. The van der Waals surface area contributed by atoms with Crippen molar-refractivity contribution in [1.82, 2.24) is 5.32 Å². The van der Waals surface area contributed by atoms with E-state index in [-0.39, 0.29) is 17.4 Å². The zero-order valence-corrected chi connectivity index (χ0v) is 11.2. The first-order chi connectivity index (χ1) is 6.96. The fourth-order valence-corrected chi connectivity index (χ4v) is 1.51. The number of amides is 1. The molecule has 0 aromatic rings. The van der Waals surface area contributed by atoms with Crippen molar-refractivity contribution in [1.29, 1.82) is 0 Å². The van der Waals surface area contributed by atoms with Crippen LogP contribution in [0.4, 0.5) is 0 Å². The van der Waals surface area contributed by atoms with E-state index < -0.39 is 0 Å². The average molecular weight is 234 g/mol. The quantitative estimate of drug-likeness (QED) is 0.672. The predicted octanol–water partition coefficient (Wildman–Crippen LogP) is 3.34. The summed E-state index contributed by atoms with van der Waals surface area (Å²) in [6.07, 6.45) is 4.15. The molecule has 0 spiro atoms. The van der Waals surface area contributed by atoms with Gasteiger partial charge in [0.25, 0.3) is 0 Å². The number of carbonyl (C=O) groups excluding carboxylic acids is 1. The number of alkyl halides is 1. The molecule has 0 bridgehead atoms. The van der Waals surface area contributed by atoms with E-state index in [1.165, 1.54) is 0 Å². The SMILES string of the molecule is CCCCC(CC)C(=O)NC(C)(C)CCl. The third-order valence-electron chi connectivity index (χ3n) is 2.57. The molecule has 0 aromatic heterocycles. The molecule has 1 atom stereocenters. The summed E-state index contributed by atoms with van der Waals surface area (Å²) in [4.78, 5) is 11.9. The third kappa shape index (κ3) is 6.03. The summed E-state index contributed by atoms with van der Waals surface area (Å²) >= 11 is 5.77. The van der Waals surface area contributed by atoms with Crippen LogP contribution in [0.2, 0.25) is 0 Å². The lowest BCUT2D eigenvalue weighted by atomic mass is 9.97. The Balaban J connectivity index is 4.15. The van der Waals surface area contributed by atoms with E-state index in [0.29, 0.717) is 5.88 Å². The maximum Gasteiger partial charge on any atom is 0.223 e. The van der Waals surface area contributed by atoms with Gasteiger partial charge in [-0.05, 0) is 26.7 Å². The van der Waals surface area contributed by atoms with Gasteiger partial charge in [0.2, 0.25) is 5.91 Å². The highest BCUT2D eigenvalue weighted by molar-refractivity contribution is 6.18. The van der Waals surface area contributed by atoms with Crippen LogP contribution in [0.25, 0.3) is 0 Å². The molecular weight excluding hydrogens is 210 g/mol. The summed E-state index contributed by atoms with van der Waals surface area (Å²) in [7, 11) is 0. The molecule has 90 valence electrons. The Kier molecular flexibility index (Phi) is 6.99. The Labute approximate surface area is 98.8 Å². The Hall–Kier alpha value is -0.240. The number of carbonyl (C=O) groups is 1. The van der Waals surface area contributed by atoms with Gasteiger partial charge >= 0.3 is 0 Å². The molecule has 0 rings (SSSR count). The Morgan fingerprint density at radius 1 is 1.40 bits per heavy atom. The molecule has 3 heteroatoms. The van der Waals surface area contributed by atoms with E-state index >= 15 is 0 Å². The smallest absolute Gasteiger partial charge is 0.223 e. The minimum atomic E-state index is -0.293. The van der Waals surface area contributed by atoms with Crippen LogP contribution in [0.1, 0.15) is 53.4 Å². The van der Waals surface area contributed by atoms with E-state index in [1.807, 2.05) is 13.8 Å². The highest BCUT2D eigenvalue weighted by Crippen LogP contribution is 2.15. The maximum atomic E-state index is 11.9. The van der Waals surface area contributed by atoms with Gasteiger partial charge in [0.05, 0.1) is 0 Å². The zero-order valence-electron chi connectivity index (χ0n) is 10.4. The molecule has 0 saturated heterocycles. The van der Waals surface area contributed by atoms with Gasteiger partial charge in [-0.1, -0.05) is 26.7 Å². The van der Waals surface area contributed by atoms with Crippen molar-refractivity contribution in [2.24, 2.45) is 5.92 Å². The van der Waals surface area contributed by atoms with E-state index in [0.717, 1.165) is 25.7 Å². The van der Waals surface area contributed by atoms with E-state index in [2.05, 4.69) is 19.2 Å². The van der Waals surface area contributed by atoms with Crippen LogP contribution in [-0.4, -0.2) is 17.3 Å². The van der Waals surface area contributed by atoms with Gasteiger partial charge in [0.1, 0.15) is 0 Å². The Bertz CT molecular complexity index is 192. The number of unbranched alkanes of at least 4 members (excludes halogenated alkanes) is 1. The lowest BCUT2D eigenvalue weighted by molar-refractivity contribution is -0.126. The van der Waals surface area contributed by atoms with Crippen molar-refractivity contribution >= 4 is 17.5 Å². The predicted molar refractivity (Wildman–Crippen MR) is 66.2 cm³/mol. The summed E-state index contributed by atoms with van der Waals surface area (Å²) in [5.41, 5.74) is -0.293. The van der Waals surface area contributed by atoms with Crippen LogP contribution in [0.3, 0.4) is 0 Å². The molecule has 0 fully saturated rings. The molecule has 2 nitrogen and oxygen atoms in total. The third-order valence-corrected chi connectivity index (χ3v) is 3.23. The number of hydrogen-bond acceptors (Lipinski definition) is 1. The highest BCUT2D eigenvalue weighted by Gasteiger charge is 2.23.